The highest BCUT2D eigenvalue weighted by atomic mass is 35.5. The molecule has 3 aromatic rings. The molecule has 136 valence electrons. The summed E-state index contributed by atoms with van der Waals surface area (Å²) in [7, 11) is 0. The predicted octanol–water partition coefficient (Wildman–Crippen LogP) is 6.08. The maximum absolute atomic E-state index is 10.5. The van der Waals surface area contributed by atoms with E-state index in [-0.39, 0.29) is 24.4 Å². The molecule has 0 heterocycles. The summed E-state index contributed by atoms with van der Waals surface area (Å²) in [6, 6.07) is 31.2. The summed E-state index contributed by atoms with van der Waals surface area (Å²) in [6.07, 6.45) is 0.863. The third kappa shape index (κ3) is 5.18. The van der Waals surface area contributed by atoms with Gasteiger partial charge in [0.2, 0.25) is 0 Å². The van der Waals surface area contributed by atoms with Gasteiger partial charge in [0.05, 0.1) is 6.04 Å². The largest absolute Gasteiger partial charge is 0.313 e. The first kappa shape index (κ1) is 20.2. The summed E-state index contributed by atoms with van der Waals surface area (Å²) < 4.78 is 0. The highest BCUT2D eigenvalue weighted by Crippen LogP contribution is 2.29. The summed E-state index contributed by atoms with van der Waals surface area (Å²) in [4.78, 5) is 0. The maximum Gasteiger partial charge on any atom is 0.0571 e. The van der Waals surface area contributed by atoms with E-state index in [1.807, 2.05) is 37.3 Å². The molecule has 0 fully saturated rings. The Kier molecular flexibility index (Phi) is 7.86. The Morgan fingerprint density at radius 3 is 1.50 bits per heavy atom. The van der Waals surface area contributed by atoms with Gasteiger partial charge in [0.25, 0.3) is 0 Å². The number of nitrogens with zero attached hydrogens (tertiary/aromatic N) is 1. The van der Waals surface area contributed by atoms with Gasteiger partial charge in [0.15, 0.2) is 0 Å². The minimum absolute atomic E-state index is 0. The maximum atomic E-state index is 10.5. The van der Waals surface area contributed by atoms with Crippen LogP contribution in [-0.4, -0.2) is 16.8 Å². The fourth-order valence-corrected chi connectivity index (χ4v) is 3.26. The average Bonchev–Trinajstić information content (AvgIpc) is 2.70. The molecular formula is C23H26ClNO. The van der Waals surface area contributed by atoms with E-state index in [9.17, 15) is 5.21 Å². The van der Waals surface area contributed by atoms with Crippen LogP contribution >= 0.6 is 12.4 Å². The van der Waals surface area contributed by atoms with Gasteiger partial charge in [-0.15, -0.1) is 12.4 Å². The molecule has 1 atom stereocenters. The molecule has 0 aliphatic carbocycles. The van der Waals surface area contributed by atoms with Gasteiger partial charge in [-0.05, 0) is 30.0 Å². The zero-order valence-electron chi connectivity index (χ0n) is 15.0. The van der Waals surface area contributed by atoms with Gasteiger partial charge in [-0.3, -0.25) is 0 Å². The lowest BCUT2D eigenvalue weighted by molar-refractivity contribution is -0.124. The fourth-order valence-electron chi connectivity index (χ4n) is 3.26. The first-order chi connectivity index (χ1) is 12.3. The molecule has 3 aromatic carbocycles. The van der Waals surface area contributed by atoms with Gasteiger partial charge >= 0.3 is 0 Å². The van der Waals surface area contributed by atoms with Crippen molar-refractivity contribution < 1.29 is 5.21 Å². The number of benzene rings is 3. The van der Waals surface area contributed by atoms with Crippen molar-refractivity contribution in [1.82, 2.24) is 5.06 Å². The summed E-state index contributed by atoms with van der Waals surface area (Å²) in [5.74, 6) is 0.278. The monoisotopic (exact) mass is 367 g/mol. The van der Waals surface area contributed by atoms with Crippen LogP contribution in [0.3, 0.4) is 0 Å². The lowest BCUT2D eigenvalue weighted by Gasteiger charge is -2.26. The van der Waals surface area contributed by atoms with Gasteiger partial charge in [0.1, 0.15) is 0 Å². The van der Waals surface area contributed by atoms with Crippen LogP contribution in [0.4, 0.5) is 0 Å². The highest BCUT2D eigenvalue weighted by molar-refractivity contribution is 5.85. The standard InChI is InChI=1S/C23H25NO.ClH/c1-19(20-11-5-2-6-12-20)24(25)18-17-23(21-13-7-3-8-14-21)22-15-9-4-10-16-22;/h2-16,19,23,25H,17-18H2,1H3;1H. The number of hydroxylamine groups is 2. The van der Waals surface area contributed by atoms with Gasteiger partial charge in [-0.1, -0.05) is 91.0 Å². The highest BCUT2D eigenvalue weighted by Gasteiger charge is 2.18. The lowest BCUT2D eigenvalue weighted by atomic mass is 9.88. The summed E-state index contributed by atoms with van der Waals surface area (Å²) in [6.45, 7) is 2.65. The van der Waals surface area contributed by atoms with Crippen LogP contribution in [0.15, 0.2) is 91.0 Å². The Hall–Kier alpha value is -2.13. The Morgan fingerprint density at radius 2 is 1.08 bits per heavy atom. The van der Waals surface area contributed by atoms with Crippen LogP contribution in [0.2, 0.25) is 0 Å². The zero-order chi connectivity index (χ0) is 17.5. The third-order valence-corrected chi connectivity index (χ3v) is 4.78. The second-order valence-electron chi connectivity index (χ2n) is 6.41. The van der Waals surface area contributed by atoms with E-state index >= 15 is 0 Å². The Bertz CT molecular complexity index is 709. The van der Waals surface area contributed by atoms with Crippen LogP contribution in [-0.2, 0) is 0 Å². The van der Waals surface area contributed by atoms with Gasteiger partial charge in [-0.2, -0.15) is 5.06 Å². The van der Waals surface area contributed by atoms with Crippen LogP contribution in [0.1, 0.15) is 42.0 Å². The Balaban J connectivity index is 0.00000243. The minimum Gasteiger partial charge on any atom is -0.313 e. The molecule has 0 bridgehead atoms. The fraction of sp³-hybridized carbons (Fsp3) is 0.217. The molecule has 0 saturated heterocycles. The average molecular weight is 368 g/mol. The predicted molar refractivity (Wildman–Crippen MR) is 110 cm³/mol. The SMILES string of the molecule is CC(c1ccccc1)N(O)CCC(c1ccccc1)c1ccccc1.Cl. The van der Waals surface area contributed by atoms with E-state index in [2.05, 4.69) is 60.7 Å². The third-order valence-electron chi connectivity index (χ3n) is 4.78. The van der Waals surface area contributed by atoms with Gasteiger partial charge < -0.3 is 5.21 Å². The molecule has 0 amide bonds. The molecule has 0 aliphatic rings. The molecule has 0 spiro atoms. The topological polar surface area (TPSA) is 23.5 Å². The molecule has 0 aliphatic heterocycles. The van der Waals surface area contributed by atoms with E-state index in [1.165, 1.54) is 16.2 Å². The van der Waals surface area contributed by atoms with Crippen molar-refractivity contribution in [1.29, 1.82) is 0 Å². The van der Waals surface area contributed by atoms with Gasteiger partial charge in [0, 0.05) is 12.5 Å². The molecule has 1 N–H and O–H groups in total. The van der Waals surface area contributed by atoms with Crippen LogP contribution < -0.4 is 0 Å². The summed E-state index contributed by atoms with van der Waals surface area (Å²) in [5.41, 5.74) is 3.70. The number of halogens is 1. The van der Waals surface area contributed by atoms with E-state index in [1.54, 1.807) is 0 Å². The van der Waals surface area contributed by atoms with Crippen molar-refractivity contribution in [2.24, 2.45) is 0 Å². The first-order valence-electron chi connectivity index (χ1n) is 8.86. The lowest BCUT2D eigenvalue weighted by Crippen LogP contribution is -2.25. The summed E-state index contributed by atoms with van der Waals surface area (Å²) in [5, 5.41) is 12.0. The minimum atomic E-state index is -0.0200. The van der Waals surface area contributed by atoms with Crippen LogP contribution in [0.25, 0.3) is 0 Å². The molecule has 3 rings (SSSR count). The normalized spacial score (nSPS) is 12.0. The first-order valence-corrected chi connectivity index (χ1v) is 8.86. The van der Waals surface area contributed by atoms with E-state index < -0.39 is 0 Å². The van der Waals surface area contributed by atoms with Crippen molar-refractivity contribution >= 4 is 12.4 Å². The Morgan fingerprint density at radius 1 is 0.692 bits per heavy atom. The molecule has 0 saturated carbocycles. The van der Waals surface area contributed by atoms with Crippen molar-refractivity contribution in [2.45, 2.75) is 25.3 Å². The van der Waals surface area contributed by atoms with Crippen LogP contribution in [0, 0.1) is 0 Å². The van der Waals surface area contributed by atoms with Gasteiger partial charge in [-0.25, -0.2) is 0 Å². The zero-order valence-corrected chi connectivity index (χ0v) is 15.8. The molecule has 0 radical (unpaired) electrons. The number of hydrogen-bond donors (Lipinski definition) is 1. The molecular weight excluding hydrogens is 342 g/mol. The van der Waals surface area contributed by atoms with Crippen LogP contribution in [0.5, 0.6) is 0 Å². The number of hydrogen-bond acceptors (Lipinski definition) is 2. The quantitative estimate of drug-likeness (QED) is 0.511. The Labute approximate surface area is 162 Å². The smallest absolute Gasteiger partial charge is 0.0571 e. The second-order valence-corrected chi connectivity index (χ2v) is 6.41. The molecule has 0 aromatic heterocycles. The molecule has 3 heteroatoms. The van der Waals surface area contributed by atoms with Crippen molar-refractivity contribution in [3.05, 3.63) is 108 Å². The molecule has 1 unspecified atom stereocenters. The van der Waals surface area contributed by atoms with Crippen molar-refractivity contribution in [3.63, 3.8) is 0 Å². The van der Waals surface area contributed by atoms with E-state index in [0.29, 0.717) is 6.54 Å². The van der Waals surface area contributed by atoms with Crippen molar-refractivity contribution in [3.8, 4) is 0 Å². The van der Waals surface area contributed by atoms with E-state index in [4.69, 9.17) is 0 Å². The summed E-state index contributed by atoms with van der Waals surface area (Å²) >= 11 is 0. The van der Waals surface area contributed by atoms with E-state index in [0.717, 1.165) is 12.0 Å². The van der Waals surface area contributed by atoms with Crippen molar-refractivity contribution in [2.75, 3.05) is 6.54 Å². The molecule has 26 heavy (non-hydrogen) atoms. The second kappa shape index (κ2) is 10.1. The molecule has 2 nitrogen and oxygen atoms in total. The number of rotatable bonds is 7.